The van der Waals surface area contributed by atoms with E-state index in [0.29, 0.717) is 5.56 Å². The number of nitrogens with zero attached hydrogens (tertiary/aromatic N) is 1. The van der Waals surface area contributed by atoms with Crippen LogP contribution in [-0.4, -0.2) is 28.6 Å². The summed E-state index contributed by atoms with van der Waals surface area (Å²) in [5.74, 6) is -0.210. The molecule has 0 spiro atoms. The van der Waals surface area contributed by atoms with Gasteiger partial charge in [-0.15, -0.1) is 0 Å². The number of nitrogens with one attached hydrogen (secondary N) is 1. The van der Waals surface area contributed by atoms with E-state index < -0.39 is 6.10 Å². The molecular formula is C10H14N2O2. The van der Waals surface area contributed by atoms with Gasteiger partial charge in [0.15, 0.2) is 0 Å². The number of aliphatic hydroxyl groups excluding tert-OH is 1. The van der Waals surface area contributed by atoms with Crippen molar-refractivity contribution in [3.8, 4) is 0 Å². The molecule has 4 nitrogen and oxygen atoms in total. The Labute approximate surface area is 83.0 Å². The fourth-order valence-corrected chi connectivity index (χ4v) is 0.945. The van der Waals surface area contributed by atoms with Gasteiger partial charge in [0.05, 0.1) is 11.7 Å². The maximum atomic E-state index is 11.4. The van der Waals surface area contributed by atoms with E-state index in [2.05, 4.69) is 10.3 Å². The standard InChI is InChI=1S/C10H14N2O2/c1-7-3-4-9(6-11-7)10(14)12-5-8(2)13/h3-4,6,8,13H,5H2,1-2H3,(H,12,14)/t8-/m1/s1. The van der Waals surface area contributed by atoms with Gasteiger partial charge >= 0.3 is 0 Å². The molecule has 1 aromatic heterocycles. The van der Waals surface area contributed by atoms with Gasteiger partial charge in [-0.1, -0.05) is 0 Å². The Morgan fingerprint density at radius 3 is 2.86 bits per heavy atom. The Kier molecular flexibility index (Phi) is 3.59. The summed E-state index contributed by atoms with van der Waals surface area (Å²) >= 11 is 0. The van der Waals surface area contributed by atoms with Crippen molar-refractivity contribution < 1.29 is 9.90 Å². The number of carbonyl (C=O) groups is 1. The fourth-order valence-electron chi connectivity index (χ4n) is 0.945. The molecule has 0 aliphatic heterocycles. The zero-order valence-corrected chi connectivity index (χ0v) is 8.32. The molecule has 2 N–H and O–H groups in total. The van der Waals surface area contributed by atoms with Crippen molar-refractivity contribution in [2.45, 2.75) is 20.0 Å². The summed E-state index contributed by atoms with van der Waals surface area (Å²) in [4.78, 5) is 15.4. The first-order valence-electron chi connectivity index (χ1n) is 4.48. The molecule has 1 aromatic rings. The molecule has 76 valence electrons. The normalized spacial score (nSPS) is 12.2. The highest BCUT2D eigenvalue weighted by atomic mass is 16.3. The van der Waals surface area contributed by atoms with Gasteiger partial charge in [0.2, 0.25) is 0 Å². The quantitative estimate of drug-likeness (QED) is 0.736. The lowest BCUT2D eigenvalue weighted by atomic mass is 10.2. The van der Waals surface area contributed by atoms with Crippen LogP contribution in [0.4, 0.5) is 0 Å². The smallest absolute Gasteiger partial charge is 0.252 e. The molecule has 0 aromatic carbocycles. The predicted molar refractivity (Wildman–Crippen MR) is 53.0 cm³/mol. The van der Waals surface area contributed by atoms with Gasteiger partial charge in [-0.05, 0) is 26.0 Å². The molecule has 0 aliphatic carbocycles. The maximum absolute atomic E-state index is 11.4. The Balaban J connectivity index is 2.57. The third-order valence-electron chi connectivity index (χ3n) is 1.73. The molecule has 1 heterocycles. The number of carbonyl (C=O) groups excluding carboxylic acids is 1. The second-order valence-corrected chi connectivity index (χ2v) is 3.25. The van der Waals surface area contributed by atoms with Crippen LogP contribution in [0.1, 0.15) is 23.0 Å². The minimum Gasteiger partial charge on any atom is -0.392 e. The summed E-state index contributed by atoms with van der Waals surface area (Å²) in [6, 6.07) is 3.48. The van der Waals surface area contributed by atoms with Crippen LogP contribution in [0.5, 0.6) is 0 Å². The van der Waals surface area contributed by atoms with Crippen molar-refractivity contribution in [1.29, 1.82) is 0 Å². The topological polar surface area (TPSA) is 62.2 Å². The van der Waals surface area contributed by atoms with Gasteiger partial charge in [-0.25, -0.2) is 0 Å². The average Bonchev–Trinajstić information content (AvgIpc) is 2.15. The molecule has 0 fully saturated rings. The molecular weight excluding hydrogens is 180 g/mol. The van der Waals surface area contributed by atoms with E-state index in [9.17, 15) is 4.79 Å². The Morgan fingerprint density at radius 1 is 1.64 bits per heavy atom. The van der Waals surface area contributed by atoms with Gasteiger partial charge in [-0.2, -0.15) is 0 Å². The number of rotatable bonds is 3. The third-order valence-corrected chi connectivity index (χ3v) is 1.73. The summed E-state index contributed by atoms with van der Waals surface area (Å²) in [6.07, 6.45) is 0.990. The summed E-state index contributed by atoms with van der Waals surface area (Å²) in [5, 5.41) is 11.6. The fraction of sp³-hybridized carbons (Fsp3) is 0.400. The predicted octanol–water partition coefficient (Wildman–Crippen LogP) is 0.501. The zero-order valence-electron chi connectivity index (χ0n) is 8.32. The second-order valence-electron chi connectivity index (χ2n) is 3.25. The highest BCUT2D eigenvalue weighted by Gasteiger charge is 2.05. The monoisotopic (exact) mass is 194 g/mol. The molecule has 0 bridgehead atoms. The van der Waals surface area contributed by atoms with Gasteiger partial charge in [0.1, 0.15) is 0 Å². The number of pyridine rings is 1. The van der Waals surface area contributed by atoms with Crippen LogP contribution in [0.3, 0.4) is 0 Å². The van der Waals surface area contributed by atoms with Crippen molar-refractivity contribution in [2.24, 2.45) is 0 Å². The number of hydrogen-bond acceptors (Lipinski definition) is 3. The van der Waals surface area contributed by atoms with Crippen LogP contribution in [-0.2, 0) is 0 Å². The van der Waals surface area contributed by atoms with Crippen LogP contribution in [0, 0.1) is 6.92 Å². The summed E-state index contributed by atoms with van der Waals surface area (Å²) in [6.45, 7) is 3.73. The van der Waals surface area contributed by atoms with E-state index >= 15 is 0 Å². The van der Waals surface area contributed by atoms with E-state index in [1.807, 2.05) is 6.92 Å². The van der Waals surface area contributed by atoms with E-state index in [-0.39, 0.29) is 12.5 Å². The first kappa shape index (κ1) is 10.7. The Bertz CT molecular complexity index is 306. The minimum atomic E-state index is -0.530. The molecule has 1 rings (SSSR count). The minimum absolute atomic E-state index is 0.210. The van der Waals surface area contributed by atoms with Gasteiger partial charge < -0.3 is 10.4 Å². The number of hydrogen-bond donors (Lipinski definition) is 2. The lowest BCUT2D eigenvalue weighted by Crippen LogP contribution is -2.30. The van der Waals surface area contributed by atoms with E-state index in [1.165, 1.54) is 6.20 Å². The molecule has 0 unspecified atom stereocenters. The van der Waals surface area contributed by atoms with Gasteiger partial charge in [0, 0.05) is 18.4 Å². The number of aromatic nitrogens is 1. The Hall–Kier alpha value is -1.42. The third kappa shape index (κ3) is 3.14. The number of amides is 1. The van der Waals surface area contributed by atoms with Crippen LogP contribution >= 0.6 is 0 Å². The van der Waals surface area contributed by atoms with Gasteiger partial charge in [0.25, 0.3) is 5.91 Å². The van der Waals surface area contributed by atoms with Crippen molar-refractivity contribution in [2.75, 3.05) is 6.54 Å². The molecule has 0 saturated heterocycles. The van der Waals surface area contributed by atoms with Crippen molar-refractivity contribution in [3.05, 3.63) is 29.6 Å². The summed E-state index contributed by atoms with van der Waals surface area (Å²) in [5.41, 5.74) is 1.38. The molecule has 4 heteroatoms. The van der Waals surface area contributed by atoms with Crippen LogP contribution in [0.25, 0.3) is 0 Å². The van der Waals surface area contributed by atoms with Crippen molar-refractivity contribution in [3.63, 3.8) is 0 Å². The molecule has 14 heavy (non-hydrogen) atoms. The number of aliphatic hydroxyl groups is 1. The molecule has 1 amide bonds. The zero-order chi connectivity index (χ0) is 10.6. The van der Waals surface area contributed by atoms with Crippen LogP contribution in [0.2, 0.25) is 0 Å². The van der Waals surface area contributed by atoms with Crippen molar-refractivity contribution in [1.82, 2.24) is 10.3 Å². The van der Waals surface area contributed by atoms with E-state index in [4.69, 9.17) is 5.11 Å². The number of aryl methyl sites for hydroxylation is 1. The van der Waals surface area contributed by atoms with E-state index in [1.54, 1.807) is 19.1 Å². The lowest BCUT2D eigenvalue weighted by molar-refractivity contribution is 0.0923. The highest BCUT2D eigenvalue weighted by molar-refractivity contribution is 5.93. The van der Waals surface area contributed by atoms with E-state index in [0.717, 1.165) is 5.69 Å². The molecule has 0 aliphatic rings. The maximum Gasteiger partial charge on any atom is 0.252 e. The largest absolute Gasteiger partial charge is 0.392 e. The highest BCUT2D eigenvalue weighted by Crippen LogP contribution is 1.98. The first-order chi connectivity index (χ1) is 6.59. The molecule has 1 atom stereocenters. The second kappa shape index (κ2) is 4.72. The molecule has 0 radical (unpaired) electrons. The Morgan fingerprint density at radius 2 is 2.36 bits per heavy atom. The summed E-state index contributed by atoms with van der Waals surface area (Å²) in [7, 11) is 0. The summed E-state index contributed by atoms with van der Waals surface area (Å²) < 4.78 is 0. The van der Waals surface area contributed by atoms with Crippen LogP contribution < -0.4 is 5.32 Å². The van der Waals surface area contributed by atoms with Crippen molar-refractivity contribution >= 4 is 5.91 Å². The first-order valence-corrected chi connectivity index (χ1v) is 4.48. The molecule has 0 saturated carbocycles. The van der Waals surface area contributed by atoms with Crippen LogP contribution in [0.15, 0.2) is 18.3 Å². The van der Waals surface area contributed by atoms with Gasteiger partial charge in [-0.3, -0.25) is 9.78 Å². The SMILES string of the molecule is Cc1ccc(C(=O)NC[C@@H](C)O)cn1. The lowest BCUT2D eigenvalue weighted by Gasteiger charge is -2.06. The average molecular weight is 194 g/mol.